The zero-order valence-corrected chi connectivity index (χ0v) is 13.4. The van der Waals surface area contributed by atoms with Crippen LogP contribution in [0.2, 0.25) is 0 Å². The average molecular weight is 348 g/mol. The van der Waals surface area contributed by atoms with Gasteiger partial charge in [0.2, 0.25) is 0 Å². The zero-order valence-electron chi connectivity index (χ0n) is 12.1. The van der Waals surface area contributed by atoms with Gasteiger partial charge in [0.05, 0.1) is 12.7 Å². The fourth-order valence-corrected chi connectivity index (χ4v) is 1.58. The molecule has 0 N–H and O–H groups in total. The molecular formula is C17H12CrO5. The standard InChI is InChI=1S/C14H12O2.3CO.Cr/c1-16-13-10-6-5-9-12(13)14(15)11-7-3-2-4-8-11;3*1-2;/h2-10H,1H3;;;;. The van der Waals surface area contributed by atoms with Crippen LogP contribution in [0, 0.1) is 20.0 Å². The molecule has 23 heavy (non-hydrogen) atoms. The Morgan fingerprint density at radius 1 is 0.826 bits per heavy atom. The van der Waals surface area contributed by atoms with E-state index in [0.717, 1.165) is 0 Å². The van der Waals surface area contributed by atoms with Crippen LogP contribution in [0.15, 0.2) is 54.6 Å². The molecule has 0 fully saturated rings. The van der Waals surface area contributed by atoms with Crippen molar-refractivity contribution in [2.75, 3.05) is 7.11 Å². The Bertz CT molecular complexity index is 603. The number of carbonyl (C=O) groups excluding carboxylic acids is 1. The van der Waals surface area contributed by atoms with E-state index in [-0.39, 0.29) is 23.1 Å². The van der Waals surface area contributed by atoms with E-state index in [1.165, 1.54) is 0 Å². The van der Waals surface area contributed by atoms with Crippen LogP contribution in [0.4, 0.5) is 0 Å². The molecule has 0 aliphatic carbocycles. The molecule has 0 aromatic heterocycles. The van der Waals surface area contributed by atoms with Crippen LogP contribution in [-0.2, 0) is 31.3 Å². The van der Waals surface area contributed by atoms with E-state index in [0.29, 0.717) is 16.9 Å². The molecule has 0 radical (unpaired) electrons. The number of carbonyl (C=O) groups is 1. The van der Waals surface area contributed by atoms with E-state index in [4.69, 9.17) is 18.7 Å². The number of ether oxygens (including phenoxy) is 1. The predicted molar refractivity (Wildman–Crippen MR) is 74.7 cm³/mol. The van der Waals surface area contributed by atoms with Gasteiger partial charge in [-0.25, -0.2) is 0 Å². The second-order valence-corrected chi connectivity index (χ2v) is 3.40. The molecule has 0 aliphatic rings. The molecule has 6 heteroatoms. The van der Waals surface area contributed by atoms with Crippen LogP contribution >= 0.6 is 0 Å². The van der Waals surface area contributed by atoms with Crippen molar-refractivity contribution in [1.82, 2.24) is 0 Å². The van der Waals surface area contributed by atoms with E-state index < -0.39 is 0 Å². The SMILES string of the molecule is COc1ccccc1C(=O)c1ccccc1.[C-]#[O+].[C-]#[O+].[C-]#[O+].[Cr]. The molecule has 0 aliphatic heterocycles. The number of ketones is 1. The molecule has 2 aromatic rings. The van der Waals surface area contributed by atoms with Crippen LogP contribution in [0.5, 0.6) is 5.75 Å². The summed E-state index contributed by atoms with van der Waals surface area (Å²) in [5.74, 6) is 0.592. The van der Waals surface area contributed by atoms with Gasteiger partial charge in [0.1, 0.15) is 5.75 Å². The van der Waals surface area contributed by atoms with E-state index in [1.807, 2.05) is 30.3 Å². The van der Waals surface area contributed by atoms with Gasteiger partial charge in [-0.05, 0) is 12.1 Å². The Morgan fingerprint density at radius 3 is 1.74 bits per heavy atom. The zero-order chi connectivity index (χ0) is 17.4. The summed E-state index contributed by atoms with van der Waals surface area (Å²) >= 11 is 0. The maximum absolute atomic E-state index is 12.1. The Kier molecular flexibility index (Phi) is 19.7. The van der Waals surface area contributed by atoms with Crippen LogP contribution < -0.4 is 4.74 Å². The minimum absolute atomic E-state index is 0. The number of hydrogen-bond acceptors (Lipinski definition) is 2. The summed E-state index contributed by atoms with van der Waals surface area (Å²) in [6.07, 6.45) is 0. The van der Waals surface area contributed by atoms with Gasteiger partial charge in [-0.3, -0.25) is 4.79 Å². The molecule has 2 rings (SSSR count). The van der Waals surface area contributed by atoms with Crippen molar-refractivity contribution in [3.05, 3.63) is 85.7 Å². The van der Waals surface area contributed by atoms with E-state index in [2.05, 4.69) is 20.0 Å². The van der Waals surface area contributed by atoms with Crippen molar-refractivity contribution in [2.45, 2.75) is 0 Å². The van der Waals surface area contributed by atoms with Gasteiger partial charge in [0.15, 0.2) is 5.78 Å². The topological polar surface area (TPSA) is 86.0 Å². The molecule has 0 amide bonds. The first-order chi connectivity index (χ1) is 10.8. The fraction of sp³-hybridized carbons (Fsp3) is 0.0588. The minimum Gasteiger partial charge on any atom is 0 e. The Hall–Kier alpha value is -2.34. The van der Waals surface area contributed by atoms with Gasteiger partial charge in [0.25, 0.3) is 0 Å². The Morgan fingerprint density at radius 2 is 1.26 bits per heavy atom. The van der Waals surface area contributed by atoms with E-state index in [9.17, 15) is 4.79 Å². The molecular weight excluding hydrogens is 336 g/mol. The van der Waals surface area contributed by atoms with Gasteiger partial charge in [0, 0.05) is 22.9 Å². The molecule has 2 aromatic carbocycles. The number of methoxy groups -OCH3 is 1. The molecule has 0 bridgehead atoms. The van der Waals surface area contributed by atoms with Crippen molar-refractivity contribution in [2.24, 2.45) is 0 Å². The fourth-order valence-electron chi connectivity index (χ4n) is 1.58. The summed E-state index contributed by atoms with van der Waals surface area (Å²) < 4.78 is 27.7. The molecule has 0 spiro atoms. The minimum atomic E-state index is -0.0157. The average Bonchev–Trinajstić information content (AvgIpc) is 2.66. The normalized spacial score (nSPS) is 7.09. The monoisotopic (exact) mass is 348 g/mol. The molecule has 0 saturated carbocycles. The Labute approximate surface area is 145 Å². The van der Waals surface area contributed by atoms with Crippen molar-refractivity contribution >= 4 is 5.78 Å². The molecule has 0 saturated heterocycles. The van der Waals surface area contributed by atoms with Gasteiger partial charge >= 0.3 is 33.9 Å². The van der Waals surface area contributed by atoms with Gasteiger partial charge in [-0.15, -0.1) is 0 Å². The second-order valence-electron chi connectivity index (χ2n) is 3.40. The molecule has 116 valence electrons. The predicted octanol–water partition coefficient (Wildman–Crippen LogP) is 2.81. The smallest absolute Gasteiger partial charge is 0 e. The third kappa shape index (κ3) is 8.63. The van der Waals surface area contributed by atoms with E-state index in [1.54, 1.807) is 31.4 Å². The molecule has 0 atom stereocenters. The van der Waals surface area contributed by atoms with E-state index >= 15 is 0 Å². The molecule has 0 heterocycles. The maximum Gasteiger partial charge on any atom is 0 e. The van der Waals surface area contributed by atoms with Crippen molar-refractivity contribution in [3.63, 3.8) is 0 Å². The number of rotatable bonds is 3. The summed E-state index contributed by atoms with van der Waals surface area (Å²) in [6.45, 7) is 13.5. The largest absolute Gasteiger partial charge is 0 e. The van der Waals surface area contributed by atoms with Crippen molar-refractivity contribution in [1.29, 1.82) is 0 Å². The summed E-state index contributed by atoms with van der Waals surface area (Å²) in [7, 11) is 1.57. The van der Waals surface area contributed by atoms with Crippen LogP contribution in [0.3, 0.4) is 0 Å². The first-order valence-electron chi connectivity index (χ1n) is 5.67. The second kappa shape index (κ2) is 17.7. The van der Waals surface area contributed by atoms with Crippen molar-refractivity contribution < 1.29 is 40.8 Å². The maximum atomic E-state index is 12.1. The number of benzene rings is 2. The Balaban J connectivity index is -0.000000514. The quantitative estimate of drug-likeness (QED) is 0.485. The van der Waals surface area contributed by atoms with Gasteiger partial charge in [-0.2, -0.15) is 0 Å². The van der Waals surface area contributed by atoms with Gasteiger partial charge in [-0.1, -0.05) is 42.5 Å². The molecule has 5 nitrogen and oxygen atoms in total. The molecule has 0 unspecified atom stereocenters. The van der Waals surface area contributed by atoms with Gasteiger partial charge < -0.3 is 4.74 Å². The van der Waals surface area contributed by atoms with Crippen molar-refractivity contribution in [3.8, 4) is 5.75 Å². The van der Waals surface area contributed by atoms with Crippen LogP contribution in [0.25, 0.3) is 0 Å². The first kappa shape index (κ1) is 25.6. The third-order valence-electron chi connectivity index (χ3n) is 2.39. The van der Waals surface area contributed by atoms with Crippen LogP contribution in [-0.4, -0.2) is 12.9 Å². The summed E-state index contributed by atoms with van der Waals surface area (Å²) in [5, 5.41) is 0. The third-order valence-corrected chi connectivity index (χ3v) is 2.39. The van der Waals surface area contributed by atoms with Crippen LogP contribution in [0.1, 0.15) is 15.9 Å². The number of para-hydroxylation sites is 1. The summed E-state index contributed by atoms with van der Waals surface area (Å²) in [5.41, 5.74) is 1.27. The summed E-state index contributed by atoms with van der Waals surface area (Å²) in [6, 6.07) is 16.4. The number of hydrogen-bond donors (Lipinski definition) is 0. The summed E-state index contributed by atoms with van der Waals surface area (Å²) in [4.78, 5) is 12.1. The first-order valence-corrected chi connectivity index (χ1v) is 5.67.